The van der Waals surface area contributed by atoms with Crippen LogP contribution in [0.2, 0.25) is 0 Å². The van der Waals surface area contributed by atoms with Crippen molar-refractivity contribution >= 4 is 68.7 Å². The van der Waals surface area contributed by atoms with E-state index in [-0.39, 0.29) is 18.8 Å². The average molecular weight is 610 g/mol. The Kier molecular flexibility index (Phi) is 5.77. The lowest BCUT2D eigenvalue weighted by Gasteiger charge is -2.41. The molecule has 0 radical (unpaired) electrons. The van der Waals surface area contributed by atoms with Crippen molar-refractivity contribution in [2.45, 2.75) is 18.6 Å². The number of hydrogen-bond acceptors (Lipinski definition) is 6. The number of carbonyl (C=O) groups is 1. The van der Waals surface area contributed by atoms with Gasteiger partial charge >= 0.3 is 6.09 Å². The van der Waals surface area contributed by atoms with Gasteiger partial charge in [-0.3, -0.25) is 4.90 Å². The number of nitrogens with two attached hydrogens (primary N) is 1. The summed E-state index contributed by atoms with van der Waals surface area (Å²) in [6, 6.07) is 1.96. The molecule has 26 heavy (non-hydrogen) atoms. The Hall–Kier alpha value is -0.220. The monoisotopic (exact) mass is 610 g/mol. The quantitative estimate of drug-likeness (QED) is 0.277. The fraction of sp³-hybridized carbons (Fsp3) is 0.400. The maximum absolute atomic E-state index is 14.7. The maximum atomic E-state index is 14.7. The third kappa shape index (κ3) is 3.45. The molecule has 1 amide bonds. The number of anilines is 1. The fourth-order valence-corrected chi connectivity index (χ4v) is 5.04. The number of alkyl halides is 2. The molecule has 0 bridgehead atoms. The molecule has 1 unspecified atom stereocenters. The van der Waals surface area contributed by atoms with Gasteiger partial charge in [0.1, 0.15) is 17.7 Å². The number of halogens is 4. The van der Waals surface area contributed by atoms with Gasteiger partial charge in [-0.1, -0.05) is 6.08 Å². The lowest BCUT2D eigenvalue weighted by molar-refractivity contribution is -0.157. The van der Waals surface area contributed by atoms with Crippen molar-refractivity contribution in [1.82, 2.24) is 0 Å². The van der Waals surface area contributed by atoms with E-state index in [0.29, 0.717) is 0 Å². The minimum atomic E-state index is -2.39. The predicted octanol–water partition coefficient (Wildman–Crippen LogP) is 2.80. The number of amides is 1. The van der Waals surface area contributed by atoms with Gasteiger partial charge in [0.25, 0.3) is 0 Å². The second-order valence-electron chi connectivity index (χ2n) is 5.84. The number of rotatable bonds is 3. The van der Waals surface area contributed by atoms with Crippen molar-refractivity contribution in [3.05, 3.63) is 40.8 Å². The van der Waals surface area contributed by atoms with Gasteiger partial charge in [0.15, 0.2) is 0.760 Å². The number of aliphatic hydroxyl groups is 2. The number of benzene rings is 1. The highest BCUT2D eigenvalue weighted by Crippen LogP contribution is 2.57. The van der Waals surface area contributed by atoms with Crippen molar-refractivity contribution in [3.8, 4) is 0 Å². The van der Waals surface area contributed by atoms with Crippen LogP contribution >= 0.6 is 56.9 Å². The minimum Gasteiger partial charge on any atom is -0.443 e. The molecule has 2 aliphatic heterocycles. The summed E-state index contributed by atoms with van der Waals surface area (Å²) in [6.07, 6.45) is 0.0571. The van der Waals surface area contributed by atoms with Gasteiger partial charge in [-0.05, 0) is 62.7 Å². The summed E-state index contributed by atoms with van der Waals surface area (Å²) in [5.74, 6) is -5.68. The van der Waals surface area contributed by atoms with Crippen LogP contribution in [0.15, 0.2) is 23.6 Å². The minimum absolute atomic E-state index is 0.0180. The van der Waals surface area contributed by atoms with Gasteiger partial charge in [0, 0.05) is 12.1 Å². The van der Waals surface area contributed by atoms with Crippen molar-refractivity contribution in [2.75, 3.05) is 18.0 Å². The number of nitrogens with zero attached hydrogens (tertiary/aromatic N) is 1. The highest BCUT2D eigenvalue weighted by atomic mass is 127. The molecule has 0 saturated carbocycles. The normalized spacial score (nSPS) is 26.9. The van der Waals surface area contributed by atoms with Gasteiger partial charge < -0.3 is 20.7 Å². The lowest BCUT2D eigenvalue weighted by atomic mass is 9.90. The molecule has 0 aliphatic carbocycles. The SMILES string of the molecule is NC[C@H]1CN(c2cc(F)c(C3C=CSC(I)(I)C3(O)O)c(F)c2)C(=O)O1. The Labute approximate surface area is 179 Å². The summed E-state index contributed by atoms with van der Waals surface area (Å²) >= 11 is 4.77. The summed E-state index contributed by atoms with van der Waals surface area (Å²) in [4.78, 5) is 12.9. The summed E-state index contributed by atoms with van der Waals surface area (Å²) in [6.45, 7) is 0.183. The molecule has 11 heteroatoms. The van der Waals surface area contributed by atoms with Crippen LogP contribution in [-0.2, 0) is 4.74 Å². The molecular formula is C15H14F2I2N2O4S. The Morgan fingerprint density at radius 3 is 2.50 bits per heavy atom. The van der Waals surface area contributed by atoms with Crippen molar-refractivity contribution in [1.29, 1.82) is 0 Å². The second kappa shape index (κ2) is 7.31. The number of ether oxygens (including phenoxy) is 1. The zero-order chi connectivity index (χ0) is 19.3. The Morgan fingerprint density at radius 2 is 1.96 bits per heavy atom. The molecule has 2 atom stereocenters. The summed E-state index contributed by atoms with van der Waals surface area (Å²) in [5, 5.41) is 22.6. The van der Waals surface area contributed by atoms with E-state index in [2.05, 4.69) is 0 Å². The van der Waals surface area contributed by atoms with Crippen LogP contribution in [-0.4, -0.2) is 42.0 Å². The highest BCUT2D eigenvalue weighted by molar-refractivity contribution is 14.2. The molecule has 1 fully saturated rings. The first-order chi connectivity index (χ1) is 12.1. The van der Waals surface area contributed by atoms with E-state index in [1.165, 1.54) is 6.08 Å². The van der Waals surface area contributed by atoms with Crippen LogP contribution < -0.4 is 10.6 Å². The topological polar surface area (TPSA) is 96.0 Å². The molecule has 0 spiro atoms. The van der Waals surface area contributed by atoms with Crippen LogP contribution in [0.4, 0.5) is 19.3 Å². The molecule has 3 rings (SSSR count). The average Bonchev–Trinajstić information content (AvgIpc) is 2.92. The first kappa shape index (κ1) is 20.5. The third-order valence-corrected chi connectivity index (χ3v) is 8.18. The fourth-order valence-electron chi connectivity index (χ4n) is 2.78. The molecule has 1 aromatic rings. The summed E-state index contributed by atoms with van der Waals surface area (Å²) in [5.41, 5.74) is 4.96. The van der Waals surface area contributed by atoms with Gasteiger partial charge in [-0.15, -0.1) is 11.8 Å². The molecule has 1 saturated heterocycles. The molecule has 2 heterocycles. The summed E-state index contributed by atoms with van der Waals surface area (Å²) < 4.78 is 33.3. The van der Waals surface area contributed by atoms with Crippen molar-refractivity contribution < 1.29 is 28.5 Å². The molecule has 0 aromatic heterocycles. The molecule has 4 N–H and O–H groups in total. The Morgan fingerprint density at radius 1 is 1.35 bits per heavy atom. The smallest absolute Gasteiger partial charge is 0.414 e. The van der Waals surface area contributed by atoms with E-state index < -0.39 is 41.9 Å². The standard InChI is InChI=1S/C15H14F2I2N2O4S/c16-10-3-7(21-6-8(5-20)25-13(21)22)4-11(17)12(10)9-1-2-26-15(18,19)14(9,23)24/h1-4,8-9,23-24H,5-6,20H2/t8-,9?/m0/s1. The van der Waals surface area contributed by atoms with Crippen LogP contribution in [0.25, 0.3) is 0 Å². The Balaban J connectivity index is 2.00. The largest absolute Gasteiger partial charge is 0.443 e. The van der Waals surface area contributed by atoms with Crippen LogP contribution in [0.5, 0.6) is 0 Å². The van der Waals surface area contributed by atoms with Gasteiger partial charge in [0.05, 0.1) is 18.2 Å². The van der Waals surface area contributed by atoms with Crippen LogP contribution in [0.1, 0.15) is 11.5 Å². The molecule has 6 nitrogen and oxygen atoms in total. The lowest BCUT2D eigenvalue weighted by Crippen LogP contribution is -2.49. The number of carbonyl (C=O) groups excluding carboxylic acids is 1. The molecular weight excluding hydrogens is 596 g/mol. The molecule has 2 aliphatic rings. The number of hydrogen-bond donors (Lipinski definition) is 3. The summed E-state index contributed by atoms with van der Waals surface area (Å²) in [7, 11) is 0. The third-order valence-electron chi connectivity index (χ3n) is 4.17. The zero-order valence-corrected chi connectivity index (χ0v) is 18.2. The molecule has 1 aromatic carbocycles. The zero-order valence-electron chi connectivity index (χ0n) is 13.0. The van der Waals surface area contributed by atoms with E-state index in [0.717, 1.165) is 28.8 Å². The van der Waals surface area contributed by atoms with Gasteiger partial charge in [0.2, 0.25) is 5.79 Å². The Bertz CT molecular complexity index is 755. The van der Waals surface area contributed by atoms with Crippen LogP contribution in [0, 0.1) is 11.6 Å². The van der Waals surface area contributed by atoms with E-state index >= 15 is 0 Å². The first-order valence-corrected chi connectivity index (χ1v) is 10.5. The highest BCUT2D eigenvalue weighted by Gasteiger charge is 2.54. The molecule has 142 valence electrons. The van der Waals surface area contributed by atoms with E-state index in [1.54, 1.807) is 5.41 Å². The predicted molar refractivity (Wildman–Crippen MR) is 110 cm³/mol. The first-order valence-electron chi connectivity index (χ1n) is 7.42. The van der Waals surface area contributed by atoms with Crippen molar-refractivity contribution in [2.24, 2.45) is 5.73 Å². The van der Waals surface area contributed by atoms with Crippen LogP contribution in [0.3, 0.4) is 0 Å². The van der Waals surface area contributed by atoms with E-state index in [9.17, 15) is 23.8 Å². The number of thioether (sulfide) groups is 1. The van der Waals surface area contributed by atoms with E-state index in [4.69, 9.17) is 10.5 Å². The van der Waals surface area contributed by atoms with Gasteiger partial charge in [-0.25, -0.2) is 13.6 Å². The van der Waals surface area contributed by atoms with Crippen molar-refractivity contribution in [3.63, 3.8) is 0 Å². The maximum Gasteiger partial charge on any atom is 0.414 e. The second-order valence-corrected chi connectivity index (χ2v) is 13.7. The van der Waals surface area contributed by atoms with E-state index in [1.807, 2.05) is 45.2 Å². The van der Waals surface area contributed by atoms with Gasteiger partial charge in [-0.2, -0.15) is 0 Å². The number of cyclic esters (lactones) is 1.